The van der Waals surface area contributed by atoms with Gasteiger partial charge in [-0.1, -0.05) is 19.0 Å². The number of aliphatic carboxylic acids is 1. The molecule has 1 aromatic heterocycles. The maximum absolute atomic E-state index is 12.4. The maximum Gasteiger partial charge on any atom is 0.410 e. The molecule has 0 saturated carbocycles. The molecule has 28 heavy (non-hydrogen) atoms. The van der Waals surface area contributed by atoms with E-state index in [1.807, 2.05) is 34.6 Å². The Morgan fingerprint density at radius 2 is 1.93 bits per heavy atom. The van der Waals surface area contributed by atoms with Gasteiger partial charge in [0.1, 0.15) is 11.5 Å². The topological polar surface area (TPSA) is 96.1 Å². The third kappa shape index (κ3) is 4.42. The summed E-state index contributed by atoms with van der Waals surface area (Å²) in [7, 11) is 0. The third-order valence-electron chi connectivity index (χ3n) is 5.53. The second kappa shape index (κ2) is 7.64. The molecular formula is C20H31N3O5. The molecule has 0 aromatic carbocycles. The van der Waals surface area contributed by atoms with Crippen LogP contribution in [-0.4, -0.2) is 59.0 Å². The number of carboxylic acids is 1. The van der Waals surface area contributed by atoms with E-state index >= 15 is 0 Å². The van der Waals surface area contributed by atoms with Crippen LogP contribution in [0.4, 0.5) is 10.6 Å². The molecule has 0 aliphatic carbocycles. The molecule has 8 nitrogen and oxygen atoms in total. The van der Waals surface area contributed by atoms with E-state index in [2.05, 4.69) is 10.1 Å². The van der Waals surface area contributed by atoms with E-state index in [1.54, 1.807) is 11.0 Å². The van der Waals surface area contributed by atoms with Crippen molar-refractivity contribution in [2.75, 3.05) is 31.1 Å². The molecule has 3 rings (SSSR count). The standard InChI is InChI=1S/C20H31N3O5/c1-12(2)17(18(24)25)15-8-16(21-28-15)23-9-13-6-7-22(10-14(13)11-23)19(26)27-20(3,4)5/h8,12-14,17H,6-7,9-11H2,1-5H3,(H,24,25). The summed E-state index contributed by atoms with van der Waals surface area (Å²) in [5.74, 6) is 0.222. The van der Waals surface area contributed by atoms with Crippen molar-refractivity contribution >= 4 is 17.9 Å². The lowest BCUT2D eigenvalue weighted by Crippen LogP contribution is -2.45. The first-order chi connectivity index (χ1) is 13.0. The van der Waals surface area contributed by atoms with E-state index in [0.29, 0.717) is 36.5 Å². The molecule has 3 atom stereocenters. The zero-order valence-electron chi connectivity index (χ0n) is 17.3. The fraction of sp³-hybridized carbons (Fsp3) is 0.750. The molecule has 1 N–H and O–H groups in total. The van der Waals surface area contributed by atoms with Crippen LogP contribution in [0, 0.1) is 17.8 Å². The lowest BCUT2D eigenvalue weighted by molar-refractivity contribution is -0.140. The molecule has 8 heteroatoms. The highest BCUT2D eigenvalue weighted by molar-refractivity contribution is 5.75. The van der Waals surface area contributed by atoms with Crippen molar-refractivity contribution in [2.24, 2.45) is 17.8 Å². The number of likely N-dealkylation sites (tertiary alicyclic amines) is 1. The van der Waals surface area contributed by atoms with E-state index in [0.717, 1.165) is 19.5 Å². The SMILES string of the molecule is CC(C)C(C(=O)O)c1cc(N2CC3CCN(C(=O)OC(C)(C)C)CC3C2)no1. The highest BCUT2D eigenvalue weighted by Gasteiger charge is 2.40. The van der Waals surface area contributed by atoms with Gasteiger partial charge >= 0.3 is 12.1 Å². The number of carboxylic acid groups (broad SMARTS) is 1. The number of ether oxygens (including phenoxy) is 1. The van der Waals surface area contributed by atoms with Crippen molar-refractivity contribution in [1.29, 1.82) is 0 Å². The molecule has 3 unspecified atom stereocenters. The van der Waals surface area contributed by atoms with E-state index < -0.39 is 17.5 Å². The van der Waals surface area contributed by atoms with E-state index in [4.69, 9.17) is 9.26 Å². The molecule has 2 fully saturated rings. The number of aromatic nitrogens is 1. The molecule has 0 radical (unpaired) electrons. The van der Waals surface area contributed by atoms with E-state index in [1.165, 1.54) is 0 Å². The van der Waals surface area contributed by atoms with Crippen LogP contribution in [0.15, 0.2) is 10.6 Å². The average Bonchev–Trinajstić information content (AvgIpc) is 3.18. The summed E-state index contributed by atoms with van der Waals surface area (Å²) < 4.78 is 10.9. The third-order valence-corrected chi connectivity index (χ3v) is 5.53. The zero-order chi connectivity index (χ0) is 20.6. The van der Waals surface area contributed by atoms with Crippen molar-refractivity contribution in [1.82, 2.24) is 10.1 Å². The van der Waals surface area contributed by atoms with Crippen LogP contribution < -0.4 is 4.90 Å². The van der Waals surface area contributed by atoms with Gasteiger partial charge in [0.05, 0.1) is 0 Å². The number of fused-ring (bicyclic) bond motifs is 1. The van der Waals surface area contributed by atoms with Crippen molar-refractivity contribution in [3.05, 3.63) is 11.8 Å². The Morgan fingerprint density at radius 3 is 2.54 bits per heavy atom. The highest BCUT2D eigenvalue weighted by Crippen LogP contribution is 2.35. The number of nitrogens with zero attached hydrogens (tertiary/aromatic N) is 3. The summed E-state index contributed by atoms with van der Waals surface area (Å²) in [5, 5.41) is 13.6. The van der Waals surface area contributed by atoms with E-state index in [9.17, 15) is 14.7 Å². The van der Waals surface area contributed by atoms with Gasteiger partial charge in [-0.15, -0.1) is 0 Å². The highest BCUT2D eigenvalue weighted by atomic mass is 16.6. The number of carbonyl (C=O) groups is 2. The summed E-state index contributed by atoms with van der Waals surface area (Å²) in [6, 6.07) is 1.75. The summed E-state index contributed by atoms with van der Waals surface area (Å²) in [6.07, 6.45) is 0.670. The number of piperidine rings is 1. The molecule has 2 aliphatic heterocycles. The minimum absolute atomic E-state index is 0.0816. The smallest absolute Gasteiger partial charge is 0.410 e. The Labute approximate surface area is 165 Å². The predicted molar refractivity (Wildman–Crippen MR) is 103 cm³/mol. The normalized spacial score (nSPS) is 23.6. The Hall–Kier alpha value is -2.25. The van der Waals surface area contributed by atoms with Gasteiger partial charge in [0.25, 0.3) is 0 Å². The zero-order valence-corrected chi connectivity index (χ0v) is 17.3. The van der Waals surface area contributed by atoms with Crippen LogP contribution >= 0.6 is 0 Å². The average molecular weight is 393 g/mol. The fourth-order valence-electron chi connectivity index (χ4n) is 4.16. The molecule has 3 heterocycles. The van der Waals surface area contributed by atoms with Gasteiger partial charge in [-0.25, -0.2) is 4.79 Å². The quantitative estimate of drug-likeness (QED) is 0.839. The number of carbonyl (C=O) groups excluding carboxylic acids is 1. The van der Waals surface area contributed by atoms with Crippen molar-refractivity contribution in [3.63, 3.8) is 0 Å². The molecule has 2 aliphatic rings. The Bertz CT molecular complexity index is 724. The lowest BCUT2D eigenvalue weighted by Gasteiger charge is -2.35. The molecule has 1 amide bonds. The monoisotopic (exact) mass is 393 g/mol. The molecule has 0 spiro atoms. The van der Waals surface area contributed by atoms with Gasteiger partial charge in [-0.05, 0) is 44.9 Å². The molecule has 156 valence electrons. The molecular weight excluding hydrogens is 362 g/mol. The van der Waals surface area contributed by atoms with Gasteiger partial charge in [-0.3, -0.25) is 4.79 Å². The minimum atomic E-state index is -0.902. The predicted octanol–water partition coefficient (Wildman–Crippen LogP) is 3.19. The Morgan fingerprint density at radius 1 is 1.25 bits per heavy atom. The summed E-state index contributed by atoms with van der Waals surface area (Å²) in [6.45, 7) is 12.3. The fourth-order valence-corrected chi connectivity index (χ4v) is 4.16. The number of anilines is 1. The first kappa shape index (κ1) is 20.5. The van der Waals surface area contributed by atoms with Gasteiger partial charge in [0.2, 0.25) is 0 Å². The first-order valence-corrected chi connectivity index (χ1v) is 9.97. The number of rotatable bonds is 4. The maximum atomic E-state index is 12.4. The van der Waals surface area contributed by atoms with Gasteiger partial charge < -0.3 is 24.2 Å². The Kier molecular flexibility index (Phi) is 5.59. The van der Waals surface area contributed by atoms with Crippen molar-refractivity contribution in [3.8, 4) is 0 Å². The number of hydrogen-bond acceptors (Lipinski definition) is 6. The van der Waals surface area contributed by atoms with Crippen LogP contribution in [0.2, 0.25) is 0 Å². The van der Waals surface area contributed by atoms with Gasteiger partial charge in [0, 0.05) is 32.2 Å². The van der Waals surface area contributed by atoms with Gasteiger partial charge in [0.15, 0.2) is 11.6 Å². The summed E-state index contributed by atoms with van der Waals surface area (Å²) in [4.78, 5) is 27.8. The number of hydrogen-bond donors (Lipinski definition) is 1. The Balaban J connectivity index is 1.64. The van der Waals surface area contributed by atoms with Crippen LogP contribution in [0.5, 0.6) is 0 Å². The number of amides is 1. The molecule has 2 saturated heterocycles. The molecule has 1 aromatic rings. The van der Waals surface area contributed by atoms with Gasteiger partial charge in [-0.2, -0.15) is 0 Å². The lowest BCUT2D eigenvalue weighted by atomic mass is 9.89. The van der Waals surface area contributed by atoms with Crippen molar-refractivity contribution < 1.29 is 24.0 Å². The second-order valence-corrected chi connectivity index (χ2v) is 9.29. The largest absolute Gasteiger partial charge is 0.481 e. The minimum Gasteiger partial charge on any atom is -0.481 e. The van der Waals surface area contributed by atoms with Crippen LogP contribution in [0.1, 0.15) is 52.7 Å². The van der Waals surface area contributed by atoms with Crippen LogP contribution in [-0.2, 0) is 9.53 Å². The summed E-state index contributed by atoms with van der Waals surface area (Å²) >= 11 is 0. The van der Waals surface area contributed by atoms with Crippen LogP contribution in [0.25, 0.3) is 0 Å². The summed E-state index contributed by atoms with van der Waals surface area (Å²) in [5.41, 5.74) is -0.496. The first-order valence-electron chi connectivity index (χ1n) is 9.97. The van der Waals surface area contributed by atoms with E-state index in [-0.39, 0.29) is 12.0 Å². The van der Waals surface area contributed by atoms with Crippen molar-refractivity contribution in [2.45, 2.75) is 52.6 Å². The van der Waals surface area contributed by atoms with Crippen LogP contribution in [0.3, 0.4) is 0 Å². The second-order valence-electron chi connectivity index (χ2n) is 9.29. The molecule has 0 bridgehead atoms.